The summed E-state index contributed by atoms with van der Waals surface area (Å²) in [4.78, 5) is 68.1. The smallest absolute Gasteiger partial charge is 0.243 e. The number of ether oxygens (including phenoxy) is 5. The zero-order valence-corrected chi connectivity index (χ0v) is 35.2. The number of amides is 6. The van der Waals surface area contributed by atoms with Crippen LogP contribution in [-0.2, 0) is 52.5 Å². The number of nitrogens with one attached hydrogen (secondary N) is 6. The minimum atomic E-state index is -0.651. The molecule has 7 N–H and O–H groups in total. The highest BCUT2D eigenvalue weighted by Gasteiger charge is 2.32. The number of rotatable bonds is 39. The van der Waals surface area contributed by atoms with Gasteiger partial charge in [0.25, 0.3) is 0 Å². The molecule has 60 heavy (non-hydrogen) atoms. The summed E-state index contributed by atoms with van der Waals surface area (Å²) in [7, 11) is 0. The van der Waals surface area contributed by atoms with Crippen LogP contribution in [0, 0.1) is 0 Å². The predicted molar refractivity (Wildman–Crippen MR) is 230 cm³/mol. The minimum Gasteiger partial charge on any atom is -0.396 e. The van der Waals surface area contributed by atoms with Crippen molar-refractivity contribution in [3.63, 3.8) is 0 Å². The molecule has 0 aliphatic rings. The highest BCUT2D eigenvalue weighted by molar-refractivity contribution is 5.88. The van der Waals surface area contributed by atoms with Crippen molar-refractivity contribution in [3.05, 3.63) is 75.9 Å². The van der Waals surface area contributed by atoms with Gasteiger partial charge in [0.2, 0.25) is 35.4 Å². The van der Waals surface area contributed by atoms with Crippen molar-refractivity contribution in [1.82, 2.24) is 31.9 Å². The molecule has 0 unspecified atom stereocenters. The van der Waals surface area contributed by atoms with E-state index < -0.39 is 18.3 Å². The molecule has 0 radical (unpaired) electrons. The Hall–Kier alpha value is -4.98. The van der Waals surface area contributed by atoms with Crippen molar-refractivity contribution in [2.24, 2.45) is 0 Å². The van der Waals surface area contributed by atoms with Crippen LogP contribution in [0.1, 0.15) is 44.9 Å². The Labute approximate surface area is 355 Å². The second-order valence-electron chi connectivity index (χ2n) is 12.4. The first-order valence-electron chi connectivity index (χ1n) is 20.1. The number of hydrogen-bond donors (Lipinski definition) is 7. The van der Waals surface area contributed by atoms with Crippen LogP contribution in [0.4, 0.5) is 0 Å². The van der Waals surface area contributed by atoms with E-state index in [1.165, 1.54) is 36.5 Å². The topological polar surface area (TPSA) is 241 Å². The van der Waals surface area contributed by atoms with E-state index in [1.807, 2.05) is 0 Å². The first-order valence-corrected chi connectivity index (χ1v) is 20.1. The van der Waals surface area contributed by atoms with Gasteiger partial charge in [0, 0.05) is 85.5 Å². The molecule has 0 heterocycles. The molecule has 0 fully saturated rings. The molecule has 3 atom stereocenters. The molecule has 0 saturated heterocycles. The Morgan fingerprint density at radius 2 is 0.733 bits per heavy atom. The van der Waals surface area contributed by atoms with Crippen LogP contribution in [0.5, 0.6) is 0 Å². The summed E-state index contributed by atoms with van der Waals surface area (Å²) in [5, 5.41) is 24.4. The maximum Gasteiger partial charge on any atom is 0.243 e. The fourth-order valence-corrected chi connectivity index (χ4v) is 4.57. The molecule has 0 aliphatic carbocycles. The van der Waals surface area contributed by atoms with E-state index in [9.17, 15) is 28.8 Å². The molecule has 0 aliphatic heterocycles. The van der Waals surface area contributed by atoms with Crippen molar-refractivity contribution in [3.8, 4) is 0 Å². The molecule has 0 rings (SSSR count). The molecule has 6 amide bonds. The van der Waals surface area contributed by atoms with Crippen LogP contribution >= 0.6 is 0 Å². The third-order valence-electron chi connectivity index (χ3n) is 7.67. The van der Waals surface area contributed by atoms with Gasteiger partial charge in [0.05, 0.1) is 12.7 Å². The highest BCUT2D eigenvalue weighted by atomic mass is 16.6. The van der Waals surface area contributed by atoms with Gasteiger partial charge in [-0.3, -0.25) is 28.8 Å². The van der Waals surface area contributed by atoms with Crippen LogP contribution < -0.4 is 31.9 Å². The van der Waals surface area contributed by atoms with Gasteiger partial charge >= 0.3 is 0 Å². The van der Waals surface area contributed by atoms with Crippen molar-refractivity contribution in [2.75, 3.05) is 92.1 Å². The van der Waals surface area contributed by atoms with Gasteiger partial charge < -0.3 is 60.7 Å². The second-order valence-corrected chi connectivity index (χ2v) is 12.4. The third kappa shape index (κ3) is 36.1. The zero-order valence-electron chi connectivity index (χ0n) is 35.2. The maximum absolute atomic E-state index is 11.6. The van der Waals surface area contributed by atoms with Crippen LogP contribution in [0.15, 0.2) is 75.9 Å². The van der Waals surface area contributed by atoms with Crippen LogP contribution in [0.25, 0.3) is 0 Å². The lowest BCUT2D eigenvalue weighted by molar-refractivity contribution is -0.161. The average molecular weight is 851 g/mol. The Balaban J connectivity index is 0. The number of carbonyl (C=O) groups excluding carboxylic acids is 6. The molecular formula is C42H70N6O12. The Kier molecular flexibility index (Phi) is 40.1. The molecule has 0 aromatic rings. The van der Waals surface area contributed by atoms with Gasteiger partial charge in [0.1, 0.15) is 12.2 Å². The van der Waals surface area contributed by atoms with Gasteiger partial charge in [-0.2, -0.15) is 0 Å². The summed E-state index contributed by atoms with van der Waals surface area (Å²) < 4.78 is 30.9. The quantitative estimate of drug-likeness (QED) is 0.0334. The standard InChI is InChI=1S/C36H59N5O10.C6H11NO2/c1-6-31(42)37-17-11-22-47-27-16-29(49-24-13-19-39-33(44)8-3)36(51-26-15-21-41-35(46)10-5)30(50-25-14-20-40-34(45)9-4)28-48-23-12-18-38-32(43)7-2;1-2-6(9)7-4-3-5-8/h6-10,29-30,36H,1-5,11-28H2,(H,37,42)(H,38,43)(H,39,44)(H,40,45)(H,41,46);2,8H,1,3-5H2,(H,7,9)/t29-,30+,36+;/m1./s1. The van der Waals surface area contributed by atoms with Crippen LogP contribution in [0.2, 0.25) is 0 Å². The summed E-state index contributed by atoms with van der Waals surface area (Å²) >= 11 is 0. The lowest BCUT2D eigenvalue weighted by atomic mass is 10.0. The van der Waals surface area contributed by atoms with E-state index in [0.717, 1.165) is 0 Å². The second kappa shape index (κ2) is 42.2. The largest absolute Gasteiger partial charge is 0.396 e. The lowest BCUT2D eigenvalue weighted by Crippen LogP contribution is -2.46. The minimum absolute atomic E-state index is 0.109. The van der Waals surface area contributed by atoms with E-state index in [-0.39, 0.29) is 68.5 Å². The molecule has 0 saturated carbocycles. The molecule has 0 spiro atoms. The lowest BCUT2D eigenvalue weighted by Gasteiger charge is -2.34. The first kappa shape index (κ1) is 57.1. The first-order chi connectivity index (χ1) is 29.0. The van der Waals surface area contributed by atoms with Crippen LogP contribution in [0.3, 0.4) is 0 Å². The number of carbonyl (C=O) groups is 6. The number of hydrogen-bond acceptors (Lipinski definition) is 12. The molecule has 18 heteroatoms. The molecule has 18 nitrogen and oxygen atoms in total. The molecule has 340 valence electrons. The SMILES string of the molecule is C=CC(=O)NCCCO.C=CC(=O)NCCCOCC[C@@H](OCCCNC(=O)C=C)[C@H](OCCCNC(=O)C=C)[C@H](COCCCNC(=O)C=C)OCCCNC(=O)C=C. The predicted octanol–water partition coefficient (Wildman–Crippen LogP) is 0.698. The third-order valence-corrected chi connectivity index (χ3v) is 7.67. The van der Waals surface area contributed by atoms with Crippen molar-refractivity contribution in [2.45, 2.75) is 63.3 Å². The van der Waals surface area contributed by atoms with E-state index >= 15 is 0 Å². The number of aliphatic hydroxyl groups is 1. The molecule has 0 aromatic carbocycles. The normalized spacial score (nSPS) is 11.8. The summed E-state index contributed by atoms with van der Waals surface area (Å²) in [6, 6.07) is 0. The van der Waals surface area contributed by atoms with Crippen LogP contribution in [-0.4, -0.2) is 151 Å². The Morgan fingerprint density at radius 1 is 0.417 bits per heavy atom. The molecule has 0 aromatic heterocycles. The van der Waals surface area contributed by atoms with Crippen molar-refractivity contribution in [1.29, 1.82) is 0 Å². The van der Waals surface area contributed by atoms with Crippen molar-refractivity contribution >= 4 is 35.4 Å². The van der Waals surface area contributed by atoms with E-state index in [2.05, 4.69) is 71.4 Å². The summed E-state index contributed by atoms with van der Waals surface area (Å²) in [6.45, 7) is 25.1. The fraction of sp³-hybridized carbons (Fsp3) is 0.571. The summed E-state index contributed by atoms with van der Waals surface area (Å²) in [5.41, 5.74) is 0. The molecule has 0 bridgehead atoms. The van der Waals surface area contributed by atoms with Gasteiger partial charge in [-0.25, -0.2) is 0 Å². The monoisotopic (exact) mass is 851 g/mol. The summed E-state index contributed by atoms with van der Waals surface area (Å²) in [5.74, 6) is -1.58. The van der Waals surface area contributed by atoms with Gasteiger partial charge in [0.15, 0.2) is 0 Å². The van der Waals surface area contributed by atoms with Gasteiger partial charge in [-0.1, -0.05) is 39.5 Å². The average Bonchev–Trinajstić information content (AvgIpc) is 3.26. The van der Waals surface area contributed by atoms with Crippen molar-refractivity contribution < 1.29 is 57.6 Å². The maximum atomic E-state index is 11.6. The van der Waals surface area contributed by atoms with Gasteiger partial charge in [-0.15, -0.1) is 0 Å². The van der Waals surface area contributed by atoms with E-state index in [1.54, 1.807) is 0 Å². The van der Waals surface area contributed by atoms with Gasteiger partial charge in [-0.05, 0) is 81.4 Å². The van der Waals surface area contributed by atoms with E-state index in [0.29, 0.717) is 104 Å². The highest BCUT2D eigenvalue weighted by Crippen LogP contribution is 2.18. The Bertz CT molecular complexity index is 1280. The Morgan fingerprint density at radius 3 is 1.10 bits per heavy atom. The zero-order chi connectivity index (χ0) is 45.1. The number of aliphatic hydroxyl groups excluding tert-OH is 1. The summed E-state index contributed by atoms with van der Waals surface area (Å²) in [6.07, 6.45) is 9.06. The fourth-order valence-electron chi connectivity index (χ4n) is 4.57. The molecular weight excluding hydrogens is 780 g/mol. The van der Waals surface area contributed by atoms with E-state index in [4.69, 9.17) is 28.8 Å².